The molecule has 0 radical (unpaired) electrons. The molecule has 8 amide bonds. The number of benzene rings is 1. The number of aromatic hydroxyl groups is 1. The largest absolute Gasteiger partial charge is 0.508 e. The zero-order chi connectivity index (χ0) is 45.0. The van der Waals surface area contributed by atoms with Gasteiger partial charge in [0.1, 0.15) is 29.9 Å². The van der Waals surface area contributed by atoms with E-state index < -0.39 is 116 Å². The van der Waals surface area contributed by atoms with Crippen LogP contribution in [0.3, 0.4) is 0 Å². The number of nitrogens with two attached hydrogens (primary N) is 1. The van der Waals surface area contributed by atoms with E-state index in [1.165, 1.54) is 24.3 Å². The van der Waals surface area contributed by atoms with Crippen LogP contribution in [0.2, 0.25) is 0 Å². The summed E-state index contributed by atoms with van der Waals surface area (Å²) in [5, 5.41) is 38.9. The number of aliphatic carboxylic acids is 1. The van der Waals surface area contributed by atoms with Crippen LogP contribution in [0.25, 0.3) is 0 Å². The van der Waals surface area contributed by atoms with Gasteiger partial charge in [0.05, 0.1) is 32.2 Å². The molecule has 0 saturated carbocycles. The number of hydrogen-bond acceptors (Lipinski definition) is 11. The van der Waals surface area contributed by atoms with Crippen LogP contribution in [-0.4, -0.2) is 120 Å². The first-order valence-electron chi connectivity index (χ1n) is 19.5. The fourth-order valence-electron chi connectivity index (χ4n) is 5.38. The summed E-state index contributed by atoms with van der Waals surface area (Å²) >= 11 is 0. The van der Waals surface area contributed by atoms with Gasteiger partial charge in [-0.3, -0.25) is 38.4 Å². The van der Waals surface area contributed by atoms with Crippen LogP contribution in [0, 0.1) is 23.7 Å². The monoisotopic (exact) mass is 833 g/mol. The summed E-state index contributed by atoms with van der Waals surface area (Å²) in [5.74, 6) is -7.67. The molecule has 20 heteroatoms. The highest BCUT2D eigenvalue weighted by atomic mass is 16.4. The Balaban J connectivity index is 2.87. The molecule has 20 nitrogen and oxygen atoms in total. The predicted molar refractivity (Wildman–Crippen MR) is 216 cm³/mol. The zero-order valence-corrected chi connectivity index (χ0v) is 35.1. The van der Waals surface area contributed by atoms with Gasteiger partial charge in [0, 0.05) is 6.42 Å². The normalized spacial score (nSPS) is 13.6. The summed E-state index contributed by atoms with van der Waals surface area (Å²) < 4.78 is 0. The van der Waals surface area contributed by atoms with E-state index in [0.717, 1.165) is 0 Å². The lowest BCUT2D eigenvalue weighted by atomic mass is 9.99. The van der Waals surface area contributed by atoms with E-state index in [9.17, 15) is 53.4 Å². The number of carboxylic acid groups (broad SMARTS) is 1. The Morgan fingerprint density at radius 3 is 1.44 bits per heavy atom. The Kier molecular flexibility index (Phi) is 22.2. The van der Waals surface area contributed by atoms with Gasteiger partial charge in [0.15, 0.2) is 0 Å². The molecule has 0 aliphatic carbocycles. The first kappa shape index (κ1) is 51.2. The number of nitrogens with one attached hydrogen (secondary N) is 8. The lowest BCUT2D eigenvalue weighted by Gasteiger charge is -2.27. The molecule has 0 heterocycles. The highest BCUT2D eigenvalue weighted by Crippen LogP contribution is 2.13. The van der Waals surface area contributed by atoms with E-state index in [0.29, 0.717) is 5.56 Å². The molecule has 330 valence electrons. The van der Waals surface area contributed by atoms with Crippen molar-refractivity contribution in [3.63, 3.8) is 0 Å². The van der Waals surface area contributed by atoms with Crippen molar-refractivity contribution in [1.29, 1.82) is 0 Å². The van der Waals surface area contributed by atoms with Crippen molar-refractivity contribution in [2.24, 2.45) is 29.4 Å². The van der Waals surface area contributed by atoms with Crippen molar-refractivity contribution >= 4 is 53.2 Å². The SMILES string of the molecule is CC(C)C[C@H](NC(=O)[C@@H](NC(=O)[C@H](Cc1ccc(O)cc1)NC(=O)CNC(=O)CNC(=O)[C@H](CC(C)C)NC(=O)CNC(=O)CNC(=O)[C@@H](N)C(C)C)C(C)C)C(=O)O. The van der Waals surface area contributed by atoms with Crippen molar-refractivity contribution in [2.45, 2.75) is 105 Å². The molecule has 1 rings (SSSR count). The summed E-state index contributed by atoms with van der Waals surface area (Å²) in [6.07, 6.45) is 0.250. The van der Waals surface area contributed by atoms with Crippen LogP contribution in [-0.2, 0) is 49.6 Å². The van der Waals surface area contributed by atoms with Crippen molar-refractivity contribution < 1.29 is 53.4 Å². The number of carboxylic acids is 1. The molecule has 0 aliphatic rings. The molecule has 1 aromatic carbocycles. The fourth-order valence-corrected chi connectivity index (χ4v) is 5.38. The average Bonchev–Trinajstić information content (AvgIpc) is 3.15. The number of phenolic OH excluding ortho intramolecular Hbond substituents is 1. The maximum Gasteiger partial charge on any atom is 0.326 e. The van der Waals surface area contributed by atoms with E-state index in [4.69, 9.17) is 5.73 Å². The molecule has 59 heavy (non-hydrogen) atoms. The third-order valence-electron chi connectivity index (χ3n) is 8.71. The maximum atomic E-state index is 13.6. The van der Waals surface area contributed by atoms with E-state index in [2.05, 4.69) is 42.5 Å². The topological polar surface area (TPSA) is 316 Å². The second kappa shape index (κ2) is 25.5. The quantitative estimate of drug-likeness (QED) is 0.0518. The van der Waals surface area contributed by atoms with Gasteiger partial charge >= 0.3 is 5.97 Å². The number of carbonyl (C=O) groups excluding carboxylic acids is 8. The van der Waals surface area contributed by atoms with Crippen molar-refractivity contribution in [2.75, 3.05) is 26.2 Å². The van der Waals surface area contributed by atoms with Crippen molar-refractivity contribution in [3.8, 4) is 5.75 Å². The summed E-state index contributed by atoms with van der Waals surface area (Å²) in [6, 6.07) is 0.292. The zero-order valence-electron chi connectivity index (χ0n) is 35.1. The summed E-state index contributed by atoms with van der Waals surface area (Å²) in [6.45, 7) is 11.9. The van der Waals surface area contributed by atoms with E-state index in [1.54, 1.807) is 55.4 Å². The maximum absolute atomic E-state index is 13.6. The van der Waals surface area contributed by atoms with E-state index in [-0.39, 0.29) is 42.8 Å². The van der Waals surface area contributed by atoms with Crippen LogP contribution < -0.4 is 48.3 Å². The number of hydrogen-bond donors (Lipinski definition) is 11. The Hall–Kier alpha value is -5.79. The Labute approximate surface area is 344 Å². The third-order valence-corrected chi connectivity index (χ3v) is 8.71. The first-order chi connectivity index (χ1) is 27.5. The van der Waals surface area contributed by atoms with Gasteiger partial charge in [-0.1, -0.05) is 67.5 Å². The molecular weight excluding hydrogens is 770 g/mol. The number of carbonyl (C=O) groups is 9. The van der Waals surface area contributed by atoms with Crippen LogP contribution in [0.1, 0.15) is 73.8 Å². The molecule has 0 fully saturated rings. The number of rotatable bonds is 25. The molecule has 0 saturated heterocycles. The summed E-state index contributed by atoms with van der Waals surface area (Å²) in [4.78, 5) is 114. The molecule has 12 N–H and O–H groups in total. The Bertz CT molecular complexity index is 1620. The van der Waals surface area contributed by atoms with Gasteiger partial charge in [-0.25, -0.2) is 4.79 Å². The molecule has 0 aromatic heterocycles. The molecule has 5 atom stereocenters. The van der Waals surface area contributed by atoms with Gasteiger partial charge in [-0.2, -0.15) is 0 Å². The second-order valence-corrected chi connectivity index (χ2v) is 15.8. The van der Waals surface area contributed by atoms with Gasteiger partial charge in [0.2, 0.25) is 47.3 Å². The third kappa shape index (κ3) is 20.5. The van der Waals surface area contributed by atoms with Gasteiger partial charge in [-0.15, -0.1) is 0 Å². The van der Waals surface area contributed by atoms with Crippen LogP contribution >= 0.6 is 0 Å². The molecular formula is C39H63N9O11. The molecule has 1 aromatic rings. The van der Waals surface area contributed by atoms with E-state index in [1.807, 2.05) is 0 Å². The van der Waals surface area contributed by atoms with Crippen molar-refractivity contribution in [1.82, 2.24) is 42.5 Å². The molecule has 0 aliphatic heterocycles. The fraction of sp³-hybridized carbons (Fsp3) is 0.615. The van der Waals surface area contributed by atoms with Crippen LogP contribution in [0.4, 0.5) is 0 Å². The second-order valence-electron chi connectivity index (χ2n) is 15.8. The summed E-state index contributed by atoms with van der Waals surface area (Å²) in [7, 11) is 0. The Morgan fingerprint density at radius 1 is 0.525 bits per heavy atom. The minimum absolute atomic E-state index is 0.0344. The average molecular weight is 834 g/mol. The summed E-state index contributed by atoms with van der Waals surface area (Å²) in [5.41, 5.74) is 6.27. The van der Waals surface area contributed by atoms with Gasteiger partial charge in [-0.05, 0) is 54.2 Å². The number of amides is 8. The lowest BCUT2D eigenvalue weighted by molar-refractivity contribution is -0.143. The highest BCUT2D eigenvalue weighted by Gasteiger charge is 2.32. The number of phenols is 1. The molecule has 0 bridgehead atoms. The van der Waals surface area contributed by atoms with Crippen molar-refractivity contribution in [3.05, 3.63) is 29.8 Å². The minimum Gasteiger partial charge on any atom is -0.508 e. The van der Waals surface area contributed by atoms with E-state index >= 15 is 0 Å². The Morgan fingerprint density at radius 2 is 0.983 bits per heavy atom. The highest BCUT2D eigenvalue weighted by molar-refractivity contribution is 5.96. The molecule has 0 unspecified atom stereocenters. The van der Waals surface area contributed by atoms with Gasteiger partial charge in [0.25, 0.3) is 0 Å². The first-order valence-corrected chi connectivity index (χ1v) is 19.5. The standard InChI is InChI=1S/C39H63N9O11/c1-20(2)13-26(45-31(52)18-42-30(51)17-44-37(56)33(40)22(5)6)35(54)43-16-29(50)41-19-32(53)46-27(15-24-9-11-25(49)12-10-24)36(55)48-34(23(7)8)38(57)47-28(39(58)59)14-21(3)4/h9-12,20-23,26-28,33-34,49H,13-19,40H2,1-8H3,(H,41,50)(H,42,51)(H,43,54)(H,44,56)(H,45,52)(H,46,53)(H,47,57)(H,48,55)(H,58,59)/t26-,27-,28-,33-,34-/m0/s1. The lowest BCUT2D eigenvalue weighted by Crippen LogP contribution is -2.58. The van der Waals surface area contributed by atoms with Crippen LogP contribution in [0.15, 0.2) is 24.3 Å². The van der Waals surface area contributed by atoms with Crippen LogP contribution in [0.5, 0.6) is 5.75 Å². The predicted octanol–water partition coefficient (Wildman–Crippen LogP) is -1.85. The minimum atomic E-state index is -1.28. The smallest absolute Gasteiger partial charge is 0.326 e. The van der Waals surface area contributed by atoms with Gasteiger partial charge < -0.3 is 58.5 Å². The molecule has 0 spiro atoms.